The number of hydrogen-bond donors (Lipinski definition) is 0. The Morgan fingerprint density at radius 1 is 1.37 bits per heavy atom. The minimum Gasteiger partial charge on any atom is -0.272 e. The normalized spacial score (nSPS) is 20.8. The zero-order valence-electron chi connectivity index (χ0n) is 11.7. The van der Waals surface area contributed by atoms with Crippen molar-refractivity contribution in [3.8, 4) is 0 Å². The molecule has 98 valence electrons. The van der Waals surface area contributed by atoms with Gasteiger partial charge < -0.3 is 0 Å². The van der Waals surface area contributed by atoms with Crippen molar-refractivity contribution in [2.75, 3.05) is 5.01 Å². The molecule has 1 heterocycles. The molecule has 1 aromatic carbocycles. The highest BCUT2D eigenvalue weighted by molar-refractivity contribution is 6.12. The Hall–Kier alpha value is -1.90. The number of hydrogen-bond acceptors (Lipinski definition) is 2. The van der Waals surface area contributed by atoms with Gasteiger partial charge in [-0.15, -0.1) is 0 Å². The summed E-state index contributed by atoms with van der Waals surface area (Å²) in [6, 6.07) is 6.12. The van der Waals surface area contributed by atoms with Crippen molar-refractivity contribution in [3.63, 3.8) is 0 Å². The van der Waals surface area contributed by atoms with Crippen molar-refractivity contribution in [3.05, 3.63) is 35.9 Å². The van der Waals surface area contributed by atoms with E-state index in [1.807, 2.05) is 13.0 Å². The van der Waals surface area contributed by atoms with E-state index in [1.165, 1.54) is 21.7 Å². The first-order valence-electron chi connectivity index (χ1n) is 6.58. The topological polar surface area (TPSA) is 32.7 Å². The summed E-state index contributed by atoms with van der Waals surface area (Å²) in [5.41, 5.74) is 5.49. The molecule has 0 unspecified atom stereocenters. The number of allylic oxidation sites excluding steroid dienone is 1. The maximum Gasteiger partial charge on any atom is 0.253 e. The molecule has 3 rings (SSSR count). The minimum absolute atomic E-state index is 0.0482. The number of anilines is 1. The molecule has 0 bridgehead atoms. The molecule has 3 heteroatoms. The molecule has 0 saturated heterocycles. The Labute approximate surface area is 113 Å². The second kappa shape index (κ2) is 3.80. The zero-order chi connectivity index (χ0) is 13.8. The van der Waals surface area contributed by atoms with Crippen LogP contribution in [-0.2, 0) is 10.2 Å². The summed E-state index contributed by atoms with van der Waals surface area (Å²) >= 11 is 0. The number of carbonyl (C=O) groups is 1. The Bertz CT molecular complexity index is 626. The van der Waals surface area contributed by atoms with Gasteiger partial charge in [0.25, 0.3) is 5.91 Å². The van der Waals surface area contributed by atoms with Crippen molar-refractivity contribution in [2.24, 2.45) is 5.10 Å². The van der Waals surface area contributed by atoms with E-state index in [9.17, 15) is 4.79 Å². The lowest BCUT2D eigenvalue weighted by molar-refractivity contribution is -0.116. The van der Waals surface area contributed by atoms with Crippen molar-refractivity contribution >= 4 is 22.9 Å². The van der Waals surface area contributed by atoms with Crippen LogP contribution in [0.15, 0.2) is 29.9 Å². The van der Waals surface area contributed by atoms with Crippen LogP contribution in [0.25, 0.3) is 5.57 Å². The molecule has 1 aliphatic heterocycles. The molecule has 0 N–H and O–H groups in total. The van der Waals surface area contributed by atoms with E-state index in [4.69, 9.17) is 0 Å². The summed E-state index contributed by atoms with van der Waals surface area (Å²) in [6.07, 6.45) is 1.40. The van der Waals surface area contributed by atoms with Crippen LogP contribution in [0.3, 0.4) is 0 Å². The third-order valence-electron chi connectivity index (χ3n) is 3.93. The van der Waals surface area contributed by atoms with Gasteiger partial charge in [0.15, 0.2) is 0 Å². The Morgan fingerprint density at radius 3 is 2.74 bits per heavy atom. The predicted octanol–water partition coefficient (Wildman–Crippen LogP) is 3.49. The van der Waals surface area contributed by atoms with Gasteiger partial charge in [-0.3, -0.25) is 4.79 Å². The first kappa shape index (κ1) is 12.2. The molecular formula is C16H18N2O. The maximum atomic E-state index is 11.9. The molecule has 3 nitrogen and oxygen atoms in total. The number of carbonyl (C=O) groups excluding carboxylic acids is 1. The Kier molecular flexibility index (Phi) is 2.43. The maximum absolute atomic E-state index is 11.9. The van der Waals surface area contributed by atoms with Gasteiger partial charge in [0.2, 0.25) is 0 Å². The highest BCUT2D eigenvalue weighted by Crippen LogP contribution is 2.45. The van der Waals surface area contributed by atoms with Crippen LogP contribution in [0, 0.1) is 0 Å². The van der Waals surface area contributed by atoms with Gasteiger partial charge in [-0.1, -0.05) is 26.5 Å². The second-order valence-corrected chi connectivity index (χ2v) is 6.11. The zero-order valence-corrected chi connectivity index (χ0v) is 11.7. The number of amides is 1. The number of rotatable bonds is 1. The molecule has 0 fully saturated rings. The summed E-state index contributed by atoms with van der Waals surface area (Å²) < 4.78 is 0. The molecule has 0 aromatic heterocycles. The Morgan fingerprint density at radius 2 is 2.11 bits per heavy atom. The van der Waals surface area contributed by atoms with Gasteiger partial charge in [-0.05, 0) is 47.6 Å². The molecule has 1 amide bonds. The average molecular weight is 254 g/mol. The third-order valence-corrected chi connectivity index (χ3v) is 3.93. The fourth-order valence-electron chi connectivity index (χ4n) is 3.01. The monoisotopic (exact) mass is 254 g/mol. The highest BCUT2D eigenvalue weighted by atomic mass is 16.2. The first-order valence-corrected chi connectivity index (χ1v) is 6.58. The Balaban J connectivity index is 2.08. The molecule has 19 heavy (non-hydrogen) atoms. The molecular weight excluding hydrogens is 236 g/mol. The van der Waals surface area contributed by atoms with Crippen LogP contribution in [0.1, 0.15) is 44.7 Å². The molecule has 0 spiro atoms. The van der Waals surface area contributed by atoms with Crippen LogP contribution in [0.2, 0.25) is 0 Å². The summed E-state index contributed by atoms with van der Waals surface area (Å²) in [5, 5.41) is 5.83. The molecule has 1 aliphatic carbocycles. The number of benzene rings is 1. The van der Waals surface area contributed by atoms with E-state index < -0.39 is 0 Å². The summed E-state index contributed by atoms with van der Waals surface area (Å²) in [4.78, 5) is 11.9. The third kappa shape index (κ3) is 1.81. The lowest BCUT2D eigenvalue weighted by Gasteiger charge is -2.20. The number of fused-ring (bicyclic) bond motifs is 1. The van der Waals surface area contributed by atoms with Crippen molar-refractivity contribution in [2.45, 2.75) is 39.0 Å². The van der Waals surface area contributed by atoms with Gasteiger partial charge in [0, 0.05) is 5.71 Å². The van der Waals surface area contributed by atoms with Crippen LogP contribution < -0.4 is 5.01 Å². The van der Waals surface area contributed by atoms with Gasteiger partial charge in [-0.2, -0.15) is 5.10 Å². The highest BCUT2D eigenvalue weighted by Gasteiger charge is 2.33. The van der Waals surface area contributed by atoms with E-state index in [0.29, 0.717) is 6.42 Å². The fraction of sp³-hybridized carbons (Fsp3) is 0.375. The van der Waals surface area contributed by atoms with Gasteiger partial charge in [0.05, 0.1) is 12.1 Å². The van der Waals surface area contributed by atoms with Crippen LogP contribution in [-0.4, -0.2) is 11.6 Å². The second-order valence-electron chi connectivity index (χ2n) is 6.11. The summed E-state index contributed by atoms with van der Waals surface area (Å²) in [5.74, 6) is 0.0482. The predicted molar refractivity (Wildman–Crippen MR) is 78.3 cm³/mol. The summed E-state index contributed by atoms with van der Waals surface area (Å²) in [6.45, 7) is 10.5. The number of nitrogens with zero attached hydrogens (tertiary/aromatic N) is 2. The van der Waals surface area contributed by atoms with E-state index in [-0.39, 0.29) is 11.3 Å². The van der Waals surface area contributed by atoms with E-state index in [2.05, 4.69) is 37.7 Å². The molecule has 0 saturated carbocycles. The average Bonchev–Trinajstić information content (AvgIpc) is 2.77. The van der Waals surface area contributed by atoms with Crippen molar-refractivity contribution < 1.29 is 4.79 Å². The molecule has 2 aliphatic rings. The molecule has 0 atom stereocenters. The van der Waals surface area contributed by atoms with E-state index in [0.717, 1.165) is 17.8 Å². The largest absolute Gasteiger partial charge is 0.272 e. The van der Waals surface area contributed by atoms with E-state index in [1.54, 1.807) is 0 Å². The van der Waals surface area contributed by atoms with Crippen LogP contribution in [0.5, 0.6) is 0 Å². The smallest absolute Gasteiger partial charge is 0.253 e. The first-order chi connectivity index (χ1) is 8.88. The molecule has 1 aromatic rings. The van der Waals surface area contributed by atoms with Gasteiger partial charge >= 0.3 is 0 Å². The summed E-state index contributed by atoms with van der Waals surface area (Å²) in [7, 11) is 0. The van der Waals surface area contributed by atoms with Gasteiger partial charge in [0.1, 0.15) is 0 Å². The quantitative estimate of drug-likeness (QED) is 0.755. The fourth-order valence-corrected chi connectivity index (χ4v) is 3.01. The lowest BCUT2D eigenvalue weighted by atomic mass is 9.86. The SMILES string of the molecule is C=C1CC(C)(C)c2cc(N3N=C(C)CC3=O)ccc21. The van der Waals surface area contributed by atoms with Crippen molar-refractivity contribution in [1.82, 2.24) is 0 Å². The van der Waals surface area contributed by atoms with Crippen LogP contribution >= 0.6 is 0 Å². The lowest BCUT2D eigenvalue weighted by Crippen LogP contribution is -2.20. The van der Waals surface area contributed by atoms with Crippen LogP contribution in [0.4, 0.5) is 5.69 Å². The van der Waals surface area contributed by atoms with E-state index >= 15 is 0 Å². The standard InChI is InChI=1S/C16H18N2O/c1-10-9-16(3,4)14-8-12(5-6-13(10)14)18-15(19)7-11(2)17-18/h5-6,8H,1,7,9H2,2-4H3. The van der Waals surface area contributed by atoms with Gasteiger partial charge in [-0.25, -0.2) is 5.01 Å². The number of hydrazone groups is 1. The molecule has 0 radical (unpaired) electrons. The van der Waals surface area contributed by atoms with Crippen molar-refractivity contribution in [1.29, 1.82) is 0 Å². The minimum atomic E-state index is 0.0482.